The number of likely N-dealkylation sites (N-methyl/N-ethyl adjacent to an activating group) is 2. The van der Waals surface area contributed by atoms with Gasteiger partial charge in [-0.1, -0.05) is 0 Å². The minimum atomic E-state index is -0.672. The lowest BCUT2D eigenvalue weighted by Crippen LogP contribution is -2.33. The maximum atomic E-state index is 12.0. The molecular weight excluding hydrogens is 344 g/mol. The molecular formula is C15H24N6O5. The van der Waals surface area contributed by atoms with Crippen LogP contribution in [0.25, 0.3) is 0 Å². The van der Waals surface area contributed by atoms with Crippen LogP contribution in [-0.2, 0) is 14.3 Å². The first kappa shape index (κ1) is 21.1. The molecule has 0 saturated carbocycles. The van der Waals surface area contributed by atoms with Gasteiger partial charge >= 0.3 is 11.7 Å². The molecule has 26 heavy (non-hydrogen) atoms. The number of hydrogen-bond donors (Lipinski definition) is 1. The Morgan fingerprint density at radius 3 is 2.38 bits per heavy atom. The second-order valence-corrected chi connectivity index (χ2v) is 6.74. The minimum Gasteiger partial charge on any atom is -0.459 e. The molecule has 0 saturated heterocycles. The summed E-state index contributed by atoms with van der Waals surface area (Å²) in [6, 6.07) is 0. The fourth-order valence-electron chi connectivity index (χ4n) is 1.91. The van der Waals surface area contributed by atoms with Crippen molar-refractivity contribution in [3.05, 3.63) is 16.4 Å². The Labute approximate surface area is 151 Å². The van der Waals surface area contributed by atoms with Crippen LogP contribution in [0, 0.1) is 10.1 Å². The summed E-state index contributed by atoms with van der Waals surface area (Å²) in [6.45, 7) is 4.77. The summed E-state index contributed by atoms with van der Waals surface area (Å²) in [5, 5.41) is 14.1. The van der Waals surface area contributed by atoms with Crippen molar-refractivity contribution in [3.63, 3.8) is 0 Å². The lowest BCUT2D eigenvalue weighted by atomic mass is 10.2. The van der Waals surface area contributed by atoms with Crippen molar-refractivity contribution in [2.45, 2.75) is 26.4 Å². The average Bonchev–Trinajstić information content (AvgIpc) is 2.49. The van der Waals surface area contributed by atoms with E-state index in [9.17, 15) is 19.7 Å². The van der Waals surface area contributed by atoms with Gasteiger partial charge in [0, 0.05) is 21.1 Å². The van der Waals surface area contributed by atoms with Crippen LogP contribution in [0.5, 0.6) is 0 Å². The van der Waals surface area contributed by atoms with E-state index < -0.39 is 22.2 Å². The molecule has 0 aliphatic carbocycles. The van der Waals surface area contributed by atoms with Crippen molar-refractivity contribution in [2.24, 2.45) is 0 Å². The van der Waals surface area contributed by atoms with Crippen LogP contribution in [-0.4, -0.2) is 71.5 Å². The first-order valence-corrected chi connectivity index (χ1v) is 7.78. The fourth-order valence-corrected chi connectivity index (χ4v) is 1.91. The highest BCUT2D eigenvalue weighted by molar-refractivity contribution is 5.82. The first-order valence-electron chi connectivity index (χ1n) is 7.78. The van der Waals surface area contributed by atoms with Gasteiger partial charge in [0.15, 0.2) is 0 Å². The van der Waals surface area contributed by atoms with E-state index in [4.69, 9.17) is 4.74 Å². The molecule has 11 heteroatoms. The van der Waals surface area contributed by atoms with Crippen molar-refractivity contribution in [2.75, 3.05) is 44.4 Å². The third kappa shape index (κ3) is 6.15. The van der Waals surface area contributed by atoms with Gasteiger partial charge in [-0.25, -0.2) is 9.97 Å². The molecule has 0 atom stereocenters. The number of carbonyl (C=O) groups is 2. The predicted octanol–water partition coefficient (Wildman–Crippen LogP) is 0.663. The first-order chi connectivity index (χ1) is 11.9. The second kappa shape index (κ2) is 8.41. The highest BCUT2D eigenvalue weighted by atomic mass is 16.6. The van der Waals surface area contributed by atoms with Gasteiger partial charge in [-0.3, -0.25) is 19.7 Å². The van der Waals surface area contributed by atoms with E-state index >= 15 is 0 Å². The highest BCUT2D eigenvalue weighted by Crippen LogP contribution is 2.31. The van der Waals surface area contributed by atoms with E-state index in [0.29, 0.717) is 0 Å². The summed E-state index contributed by atoms with van der Waals surface area (Å²) in [7, 11) is 4.62. The number of nitrogens with one attached hydrogen (secondary N) is 1. The van der Waals surface area contributed by atoms with Gasteiger partial charge in [0.2, 0.25) is 17.5 Å². The molecule has 1 rings (SSSR count). The Morgan fingerprint density at radius 2 is 1.88 bits per heavy atom. The number of nitro groups is 1. The monoisotopic (exact) mass is 368 g/mol. The number of hydrogen-bond acceptors (Lipinski definition) is 9. The normalized spacial score (nSPS) is 10.8. The molecule has 0 aliphatic heterocycles. The van der Waals surface area contributed by atoms with Gasteiger partial charge in [0.05, 0.1) is 11.5 Å². The van der Waals surface area contributed by atoms with Crippen LogP contribution >= 0.6 is 0 Å². The molecule has 1 N–H and O–H groups in total. The van der Waals surface area contributed by atoms with E-state index in [1.807, 2.05) is 0 Å². The topological polar surface area (TPSA) is 131 Å². The van der Waals surface area contributed by atoms with Gasteiger partial charge in [0.1, 0.15) is 18.5 Å². The van der Waals surface area contributed by atoms with Gasteiger partial charge < -0.3 is 19.9 Å². The van der Waals surface area contributed by atoms with E-state index in [-0.39, 0.29) is 30.6 Å². The fraction of sp³-hybridized carbons (Fsp3) is 0.600. The lowest BCUT2D eigenvalue weighted by Gasteiger charge is -2.23. The Kier molecular flexibility index (Phi) is 6.81. The van der Waals surface area contributed by atoms with Gasteiger partial charge in [-0.05, 0) is 20.8 Å². The minimum absolute atomic E-state index is 0.0596. The molecule has 144 valence electrons. The molecule has 0 aromatic carbocycles. The summed E-state index contributed by atoms with van der Waals surface area (Å²) < 4.78 is 5.21. The summed E-state index contributed by atoms with van der Waals surface area (Å²) >= 11 is 0. The molecule has 1 aromatic rings. The van der Waals surface area contributed by atoms with E-state index in [1.54, 1.807) is 34.9 Å². The Bertz CT molecular complexity index is 686. The zero-order chi connectivity index (χ0) is 20.1. The van der Waals surface area contributed by atoms with Gasteiger partial charge in [-0.2, -0.15) is 0 Å². The zero-order valence-electron chi connectivity index (χ0n) is 15.8. The summed E-state index contributed by atoms with van der Waals surface area (Å²) in [6.07, 6.45) is 1.12. The summed E-state index contributed by atoms with van der Waals surface area (Å²) in [5.74, 6) is -0.992. The molecule has 0 bridgehead atoms. The average molecular weight is 368 g/mol. The van der Waals surface area contributed by atoms with E-state index in [0.717, 1.165) is 6.33 Å². The quantitative estimate of drug-likeness (QED) is 0.419. The number of nitrogens with zero attached hydrogens (tertiary/aromatic N) is 5. The maximum Gasteiger partial charge on any atom is 0.353 e. The Hall–Kier alpha value is -2.98. The van der Waals surface area contributed by atoms with Crippen molar-refractivity contribution in [3.8, 4) is 0 Å². The molecule has 0 radical (unpaired) electrons. The van der Waals surface area contributed by atoms with Crippen LogP contribution in [0.1, 0.15) is 20.8 Å². The Morgan fingerprint density at radius 1 is 1.27 bits per heavy atom. The SMILES string of the molecule is CN(C)C(=O)CNc1ncnc(N(C)CC(=O)OC(C)(C)C)c1[N+](=O)[O-]. The lowest BCUT2D eigenvalue weighted by molar-refractivity contribution is -0.383. The number of ether oxygens (including phenoxy) is 1. The third-order valence-corrected chi connectivity index (χ3v) is 3.04. The highest BCUT2D eigenvalue weighted by Gasteiger charge is 2.28. The van der Waals surface area contributed by atoms with Crippen molar-refractivity contribution in [1.82, 2.24) is 14.9 Å². The molecule has 1 amide bonds. The van der Waals surface area contributed by atoms with Crippen LogP contribution in [0.3, 0.4) is 0 Å². The molecule has 1 heterocycles. The summed E-state index contributed by atoms with van der Waals surface area (Å²) in [5.41, 5.74) is -1.10. The van der Waals surface area contributed by atoms with Gasteiger partial charge in [0.25, 0.3) is 0 Å². The van der Waals surface area contributed by atoms with Crippen LogP contribution in [0.2, 0.25) is 0 Å². The van der Waals surface area contributed by atoms with Crippen LogP contribution < -0.4 is 10.2 Å². The number of amides is 1. The third-order valence-electron chi connectivity index (χ3n) is 3.04. The standard InChI is InChI=1S/C15H24N6O5/c1-15(2,3)26-11(23)8-20(6)14-12(21(24)25)13(17-9-18-14)16-7-10(22)19(4)5/h9H,7-8H2,1-6H3,(H,16,17,18). The molecule has 0 fully saturated rings. The number of aromatic nitrogens is 2. The van der Waals surface area contributed by atoms with Crippen molar-refractivity contribution in [1.29, 1.82) is 0 Å². The number of rotatable bonds is 7. The van der Waals surface area contributed by atoms with E-state index in [2.05, 4.69) is 15.3 Å². The van der Waals surface area contributed by atoms with Crippen LogP contribution in [0.4, 0.5) is 17.3 Å². The predicted molar refractivity (Wildman–Crippen MR) is 95.0 cm³/mol. The van der Waals surface area contributed by atoms with Crippen LogP contribution in [0.15, 0.2) is 6.33 Å². The summed E-state index contributed by atoms with van der Waals surface area (Å²) in [4.78, 5) is 44.8. The molecule has 1 aromatic heterocycles. The Balaban J connectivity index is 3.04. The van der Waals surface area contributed by atoms with Gasteiger partial charge in [-0.15, -0.1) is 0 Å². The number of esters is 1. The van der Waals surface area contributed by atoms with Crippen molar-refractivity contribution < 1.29 is 19.2 Å². The molecule has 11 nitrogen and oxygen atoms in total. The number of anilines is 2. The second-order valence-electron chi connectivity index (χ2n) is 6.74. The maximum absolute atomic E-state index is 12.0. The van der Waals surface area contributed by atoms with E-state index in [1.165, 1.54) is 16.8 Å². The van der Waals surface area contributed by atoms with Crippen molar-refractivity contribution >= 4 is 29.2 Å². The number of carbonyl (C=O) groups excluding carboxylic acids is 2. The molecule has 0 unspecified atom stereocenters. The smallest absolute Gasteiger partial charge is 0.353 e. The largest absolute Gasteiger partial charge is 0.459 e. The zero-order valence-corrected chi connectivity index (χ0v) is 15.8. The molecule has 0 aliphatic rings. The molecule has 0 spiro atoms.